The number of amides is 1. The van der Waals surface area contributed by atoms with Crippen LogP contribution in [0.4, 0.5) is 5.69 Å². The van der Waals surface area contributed by atoms with Crippen molar-refractivity contribution in [2.75, 3.05) is 5.32 Å². The van der Waals surface area contributed by atoms with Crippen LogP contribution in [0.25, 0.3) is 0 Å². The minimum absolute atomic E-state index is 0.190. The Bertz CT molecular complexity index is 703. The molecule has 1 aromatic carbocycles. The fourth-order valence-electron chi connectivity index (χ4n) is 1.83. The molecule has 1 aromatic heterocycles. The van der Waals surface area contributed by atoms with Crippen molar-refractivity contribution in [1.82, 2.24) is 4.57 Å². The van der Waals surface area contributed by atoms with Gasteiger partial charge in [-0.1, -0.05) is 12.1 Å². The Balaban J connectivity index is 1.97. The normalized spacial score (nSPS) is 9.50. The highest BCUT2D eigenvalue weighted by atomic mass is 16.1. The van der Waals surface area contributed by atoms with E-state index in [0.29, 0.717) is 23.5 Å². The summed E-state index contributed by atoms with van der Waals surface area (Å²) in [6.45, 7) is 0.427. The third-order valence-corrected chi connectivity index (χ3v) is 2.85. The lowest BCUT2D eigenvalue weighted by molar-refractivity contribution is -0.116. The van der Waals surface area contributed by atoms with Crippen molar-refractivity contribution in [2.24, 2.45) is 0 Å². The van der Waals surface area contributed by atoms with Crippen LogP contribution in [0, 0.1) is 22.7 Å². The summed E-state index contributed by atoms with van der Waals surface area (Å²) in [5.74, 6) is -0.190. The minimum Gasteiger partial charge on any atom is -0.339 e. The van der Waals surface area contributed by atoms with Crippen LogP contribution in [0.2, 0.25) is 0 Å². The molecule has 0 bridgehead atoms. The second-order valence-electron chi connectivity index (χ2n) is 4.15. The molecule has 2 rings (SSSR count). The van der Waals surface area contributed by atoms with Crippen molar-refractivity contribution in [3.63, 3.8) is 0 Å². The Morgan fingerprint density at radius 2 is 1.95 bits per heavy atom. The molecule has 2 aromatic rings. The molecule has 0 aliphatic carbocycles. The van der Waals surface area contributed by atoms with Crippen molar-refractivity contribution >= 4 is 11.6 Å². The molecule has 0 atom stereocenters. The van der Waals surface area contributed by atoms with E-state index in [9.17, 15) is 4.79 Å². The predicted molar refractivity (Wildman–Crippen MR) is 73.6 cm³/mol. The molecule has 20 heavy (non-hydrogen) atoms. The highest BCUT2D eigenvalue weighted by molar-refractivity contribution is 5.92. The number of hydrogen-bond acceptors (Lipinski definition) is 3. The van der Waals surface area contributed by atoms with Gasteiger partial charge in [-0.2, -0.15) is 10.5 Å². The van der Waals surface area contributed by atoms with E-state index in [-0.39, 0.29) is 12.3 Å². The van der Waals surface area contributed by atoms with Crippen LogP contribution in [-0.2, 0) is 11.3 Å². The summed E-state index contributed by atoms with van der Waals surface area (Å²) in [4.78, 5) is 11.9. The number of hydrogen-bond donors (Lipinski definition) is 1. The van der Waals surface area contributed by atoms with Crippen LogP contribution >= 0.6 is 0 Å². The topological polar surface area (TPSA) is 81.6 Å². The largest absolute Gasteiger partial charge is 0.339 e. The van der Waals surface area contributed by atoms with Gasteiger partial charge in [0.25, 0.3) is 0 Å². The molecule has 0 spiro atoms. The zero-order valence-electron chi connectivity index (χ0n) is 10.7. The van der Waals surface area contributed by atoms with E-state index < -0.39 is 0 Å². The Kier molecular flexibility index (Phi) is 4.16. The first-order valence-corrected chi connectivity index (χ1v) is 6.09. The second kappa shape index (κ2) is 6.21. The van der Waals surface area contributed by atoms with E-state index in [1.54, 1.807) is 47.2 Å². The lowest BCUT2D eigenvalue weighted by Gasteiger charge is -2.08. The van der Waals surface area contributed by atoms with Gasteiger partial charge < -0.3 is 9.88 Å². The number of rotatable bonds is 4. The lowest BCUT2D eigenvalue weighted by atomic mass is 10.2. The molecule has 1 amide bonds. The third-order valence-electron chi connectivity index (χ3n) is 2.85. The molecule has 1 N–H and O–H groups in total. The van der Waals surface area contributed by atoms with Gasteiger partial charge in [0.05, 0.1) is 11.3 Å². The third kappa shape index (κ3) is 3.04. The molecule has 98 valence electrons. The molecule has 0 saturated carbocycles. The summed E-state index contributed by atoms with van der Waals surface area (Å²) in [6, 6.07) is 14.4. The fourth-order valence-corrected chi connectivity index (χ4v) is 1.83. The van der Waals surface area contributed by atoms with Gasteiger partial charge in [0.15, 0.2) is 0 Å². The van der Waals surface area contributed by atoms with E-state index in [0.717, 1.165) is 0 Å². The minimum atomic E-state index is -0.190. The molecule has 0 saturated heterocycles. The number of aromatic nitrogens is 1. The molecule has 5 heteroatoms. The molecule has 5 nitrogen and oxygen atoms in total. The smallest absolute Gasteiger partial charge is 0.226 e. The van der Waals surface area contributed by atoms with Crippen LogP contribution in [0.1, 0.15) is 17.7 Å². The first-order chi connectivity index (χ1) is 9.74. The zero-order chi connectivity index (χ0) is 14.4. The number of anilines is 1. The molecule has 0 aliphatic rings. The van der Waals surface area contributed by atoms with Gasteiger partial charge in [0.1, 0.15) is 17.8 Å². The quantitative estimate of drug-likeness (QED) is 0.919. The Morgan fingerprint density at radius 3 is 2.70 bits per heavy atom. The summed E-state index contributed by atoms with van der Waals surface area (Å²) in [5.41, 5.74) is 1.46. The van der Waals surface area contributed by atoms with Crippen LogP contribution in [0.15, 0.2) is 42.6 Å². The van der Waals surface area contributed by atoms with Crippen LogP contribution < -0.4 is 5.32 Å². The lowest BCUT2D eigenvalue weighted by Crippen LogP contribution is -2.15. The van der Waals surface area contributed by atoms with Crippen molar-refractivity contribution < 1.29 is 4.79 Å². The SMILES string of the molecule is N#Cc1ccccc1NC(=O)CCn1cccc1C#N. The molecule has 0 fully saturated rings. The van der Waals surface area contributed by atoms with Crippen LogP contribution in [0.3, 0.4) is 0 Å². The summed E-state index contributed by atoms with van der Waals surface area (Å²) < 4.78 is 1.72. The van der Waals surface area contributed by atoms with Crippen molar-refractivity contribution in [1.29, 1.82) is 10.5 Å². The fraction of sp³-hybridized carbons (Fsp3) is 0.133. The molecule has 0 radical (unpaired) electrons. The highest BCUT2D eigenvalue weighted by Gasteiger charge is 2.07. The summed E-state index contributed by atoms with van der Waals surface area (Å²) in [7, 11) is 0. The van der Waals surface area contributed by atoms with Gasteiger partial charge in [-0.15, -0.1) is 0 Å². The monoisotopic (exact) mass is 264 g/mol. The summed E-state index contributed by atoms with van der Waals surface area (Å²) in [5, 5.41) is 20.5. The average Bonchev–Trinajstić information content (AvgIpc) is 2.93. The number of nitrogens with one attached hydrogen (secondary N) is 1. The molecular formula is C15H12N4O. The number of carbonyl (C=O) groups excluding carboxylic acids is 1. The van der Waals surface area contributed by atoms with E-state index in [1.165, 1.54) is 0 Å². The van der Waals surface area contributed by atoms with Gasteiger partial charge in [-0.25, -0.2) is 0 Å². The second-order valence-corrected chi connectivity index (χ2v) is 4.15. The van der Waals surface area contributed by atoms with Crippen molar-refractivity contribution in [2.45, 2.75) is 13.0 Å². The number of para-hydroxylation sites is 1. The van der Waals surface area contributed by atoms with Gasteiger partial charge in [0, 0.05) is 19.2 Å². The van der Waals surface area contributed by atoms with Gasteiger partial charge in [0.2, 0.25) is 5.91 Å². The van der Waals surface area contributed by atoms with Gasteiger partial charge in [-0.3, -0.25) is 4.79 Å². The van der Waals surface area contributed by atoms with Crippen LogP contribution in [0.5, 0.6) is 0 Å². The Labute approximate surface area is 116 Å². The Hall–Kier alpha value is -3.05. The van der Waals surface area contributed by atoms with Gasteiger partial charge >= 0.3 is 0 Å². The maximum Gasteiger partial charge on any atom is 0.226 e. The van der Waals surface area contributed by atoms with E-state index in [2.05, 4.69) is 11.4 Å². The zero-order valence-corrected chi connectivity index (χ0v) is 10.7. The standard InChI is InChI=1S/C15H12N4O/c16-10-12-4-1-2-6-14(12)18-15(20)7-9-19-8-3-5-13(19)11-17/h1-6,8H,7,9H2,(H,18,20). The first-order valence-electron chi connectivity index (χ1n) is 6.09. The molecule has 1 heterocycles. The van der Waals surface area contributed by atoms with Gasteiger partial charge in [-0.05, 0) is 24.3 Å². The van der Waals surface area contributed by atoms with E-state index in [4.69, 9.17) is 10.5 Å². The van der Waals surface area contributed by atoms with Crippen molar-refractivity contribution in [3.8, 4) is 12.1 Å². The number of aryl methyl sites for hydroxylation is 1. The number of nitrogens with zero attached hydrogens (tertiary/aromatic N) is 3. The van der Waals surface area contributed by atoms with E-state index >= 15 is 0 Å². The Morgan fingerprint density at radius 1 is 1.15 bits per heavy atom. The predicted octanol–water partition coefficient (Wildman–Crippen LogP) is 2.26. The van der Waals surface area contributed by atoms with Crippen LogP contribution in [-0.4, -0.2) is 10.5 Å². The number of benzene rings is 1. The molecule has 0 aliphatic heterocycles. The molecular weight excluding hydrogens is 252 g/mol. The maximum atomic E-state index is 11.9. The summed E-state index contributed by atoms with van der Waals surface area (Å²) >= 11 is 0. The maximum absolute atomic E-state index is 11.9. The number of carbonyl (C=O) groups is 1. The molecule has 0 unspecified atom stereocenters. The average molecular weight is 264 g/mol. The van der Waals surface area contributed by atoms with E-state index in [1.807, 2.05) is 6.07 Å². The van der Waals surface area contributed by atoms with Crippen molar-refractivity contribution in [3.05, 3.63) is 53.9 Å². The first kappa shape index (κ1) is 13.4. The number of nitriles is 2. The highest BCUT2D eigenvalue weighted by Crippen LogP contribution is 2.14. The summed E-state index contributed by atoms with van der Waals surface area (Å²) in [6.07, 6.45) is 2.00.